The third kappa shape index (κ3) is 1.89. The van der Waals surface area contributed by atoms with Crippen LogP contribution in [0.5, 0.6) is 0 Å². The third-order valence-corrected chi connectivity index (χ3v) is 0.387. The summed E-state index contributed by atoms with van der Waals surface area (Å²) in [5.74, 6) is 3.35. The van der Waals surface area contributed by atoms with Crippen LogP contribution in [0, 0.1) is 0 Å². The lowest BCUT2D eigenvalue weighted by molar-refractivity contribution is 1.53. The van der Waals surface area contributed by atoms with Gasteiger partial charge in [0.05, 0.1) is 0 Å². The van der Waals surface area contributed by atoms with Crippen molar-refractivity contribution in [2.75, 3.05) is 7.05 Å². The van der Waals surface area contributed by atoms with E-state index in [4.69, 9.17) is 0 Å². The van der Waals surface area contributed by atoms with Crippen molar-refractivity contribution in [1.82, 2.24) is 0 Å². The van der Waals surface area contributed by atoms with E-state index in [0.29, 0.717) is 0 Å². The second-order valence-electron chi connectivity index (χ2n) is 0.312. The summed E-state index contributed by atoms with van der Waals surface area (Å²) in [6.07, 6.45) is 0. The molecule has 1 nitrogen and oxygen atoms in total. The van der Waals surface area contributed by atoms with Gasteiger partial charge < -0.3 is 0 Å². The minimum Gasteiger partial charge on any atom is -0.234 e. The molecular weight excluding hydrogens is 70.1 g/mol. The fraction of sp³-hybridized carbons (Fsp3) is 0.500. The van der Waals surface area contributed by atoms with E-state index in [9.17, 15) is 0 Å². The summed E-state index contributed by atoms with van der Waals surface area (Å²) in [4.78, 5) is 0. The van der Waals surface area contributed by atoms with E-state index in [-0.39, 0.29) is 0 Å². The zero-order chi connectivity index (χ0) is 3.41. The lowest BCUT2D eigenvalue weighted by Gasteiger charge is -1.42. The molecule has 4 heavy (non-hydrogen) atoms. The summed E-state index contributed by atoms with van der Waals surface area (Å²) in [5.41, 5.74) is 0. The van der Waals surface area contributed by atoms with E-state index in [1.807, 2.05) is 0 Å². The average molecular weight is 75.1 g/mol. The molecule has 0 unspecified atom stereocenters. The predicted octanol–water partition coefficient (Wildman–Crippen LogP) is 0.314. The van der Waals surface area contributed by atoms with Crippen LogP contribution in [0.1, 0.15) is 0 Å². The summed E-state index contributed by atoms with van der Waals surface area (Å²) in [6, 6.07) is 0. The van der Waals surface area contributed by atoms with Crippen molar-refractivity contribution in [1.29, 1.82) is 0 Å². The second-order valence-corrected chi connectivity index (χ2v) is 0.935. The molecule has 0 heterocycles. The molecule has 0 N–H and O–H groups in total. The van der Waals surface area contributed by atoms with Gasteiger partial charge in [-0.2, -0.15) is 0 Å². The largest absolute Gasteiger partial charge is 0.234 e. The highest BCUT2D eigenvalue weighted by atomic mass is 32.1. The molecule has 0 aliphatic rings. The first kappa shape index (κ1) is 3.89. The predicted molar refractivity (Wildman–Crippen MR) is 22.8 cm³/mol. The maximum absolute atomic E-state index is 3.54. The zero-order valence-electron chi connectivity index (χ0n) is 2.56. The molecule has 0 spiro atoms. The first-order chi connectivity index (χ1) is 1.91. The van der Waals surface area contributed by atoms with Gasteiger partial charge in [-0.25, -0.2) is 4.36 Å². The molecule has 0 aromatic carbocycles. The van der Waals surface area contributed by atoms with Crippen molar-refractivity contribution in [2.24, 2.45) is 4.36 Å². The Hall–Kier alpha value is -0.110. The SMILES string of the molecule is C=S=NC. The molecule has 24 valence electrons. The molecule has 0 aromatic heterocycles. The van der Waals surface area contributed by atoms with Gasteiger partial charge in [-0.1, -0.05) is 11.1 Å². The molecule has 0 aliphatic heterocycles. The Bertz CT molecular complexity index is 44.0. The third-order valence-electron chi connectivity index (χ3n) is 0.129. The average Bonchev–Trinajstić information content (AvgIpc) is 1.37. The van der Waals surface area contributed by atoms with Gasteiger partial charge in [-0.3, -0.25) is 0 Å². The molecule has 0 radical (unpaired) electrons. The van der Waals surface area contributed by atoms with Gasteiger partial charge in [-0.05, 0) is 5.87 Å². The quantitative estimate of drug-likeness (QED) is 0.367. The van der Waals surface area contributed by atoms with Crippen molar-refractivity contribution < 1.29 is 0 Å². The van der Waals surface area contributed by atoms with Crippen LogP contribution in [0.4, 0.5) is 0 Å². The van der Waals surface area contributed by atoms with Crippen molar-refractivity contribution >= 4 is 17.0 Å². The molecule has 0 aliphatic carbocycles. The lowest BCUT2D eigenvalue weighted by atomic mass is 11.6. The van der Waals surface area contributed by atoms with E-state index in [0.717, 1.165) is 0 Å². The van der Waals surface area contributed by atoms with E-state index in [2.05, 4.69) is 10.2 Å². The van der Waals surface area contributed by atoms with Crippen molar-refractivity contribution in [3.63, 3.8) is 0 Å². The summed E-state index contributed by atoms with van der Waals surface area (Å²) >= 11 is 1.23. The van der Waals surface area contributed by atoms with Crippen LogP contribution in [-0.2, 0) is 11.1 Å². The molecule has 0 aromatic rings. The Balaban J connectivity index is 3.11. The Labute approximate surface area is 29.4 Å². The first-order valence-electron chi connectivity index (χ1n) is 0.918. The van der Waals surface area contributed by atoms with Gasteiger partial charge in [0.2, 0.25) is 0 Å². The normalized spacial score (nSPS) is 5.25. The van der Waals surface area contributed by atoms with Crippen LogP contribution in [0.3, 0.4) is 0 Å². The maximum Gasteiger partial charge on any atom is 0.0400 e. The smallest absolute Gasteiger partial charge is 0.0400 e. The molecule has 0 saturated heterocycles. The number of hydrogen-bond acceptors (Lipinski definition) is 1. The summed E-state index contributed by atoms with van der Waals surface area (Å²) in [7, 11) is 1.71. The Morgan fingerprint density at radius 3 is 2.25 bits per heavy atom. The van der Waals surface area contributed by atoms with Gasteiger partial charge in [-0.15, -0.1) is 0 Å². The molecule has 0 fully saturated rings. The number of hydrogen-bond donors (Lipinski definition) is 0. The second kappa shape index (κ2) is 2.89. The molecule has 0 saturated carbocycles. The highest BCUT2D eigenvalue weighted by molar-refractivity contribution is 7.65. The summed E-state index contributed by atoms with van der Waals surface area (Å²) in [5, 5.41) is 0. The van der Waals surface area contributed by atoms with Crippen LogP contribution >= 0.6 is 0 Å². The van der Waals surface area contributed by atoms with Gasteiger partial charge in [0.25, 0.3) is 0 Å². The van der Waals surface area contributed by atoms with Crippen LogP contribution < -0.4 is 0 Å². The maximum atomic E-state index is 3.54. The molecule has 0 rings (SSSR count). The van der Waals surface area contributed by atoms with E-state index in [1.165, 1.54) is 11.1 Å². The lowest BCUT2D eigenvalue weighted by Crippen LogP contribution is -1.32. The fourth-order valence-electron chi connectivity index (χ4n) is 0. The van der Waals surface area contributed by atoms with Crippen LogP contribution in [-0.4, -0.2) is 12.9 Å². The molecular formula is C2H5NS. The van der Waals surface area contributed by atoms with E-state index < -0.39 is 0 Å². The zero-order valence-corrected chi connectivity index (χ0v) is 3.38. The molecule has 2 heteroatoms. The number of rotatable bonds is 0. The van der Waals surface area contributed by atoms with Gasteiger partial charge in [0.1, 0.15) is 0 Å². The number of nitrogens with zero attached hydrogens (tertiary/aromatic N) is 1. The first-order valence-corrected chi connectivity index (χ1v) is 1.86. The minimum atomic E-state index is 1.23. The highest BCUT2D eigenvalue weighted by Crippen LogP contribution is 1.33. The molecule has 0 amide bonds. The van der Waals surface area contributed by atoms with Crippen molar-refractivity contribution in [3.8, 4) is 0 Å². The van der Waals surface area contributed by atoms with Crippen molar-refractivity contribution in [2.45, 2.75) is 0 Å². The van der Waals surface area contributed by atoms with E-state index >= 15 is 0 Å². The summed E-state index contributed by atoms with van der Waals surface area (Å²) in [6.45, 7) is 0. The Kier molecular flexibility index (Phi) is 2.81. The Morgan fingerprint density at radius 2 is 2.25 bits per heavy atom. The van der Waals surface area contributed by atoms with Gasteiger partial charge in [0, 0.05) is 7.05 Å². The standard InChI is InChI=1S/C2H5NS/c1-3-4-2/h2H2,1H3. The monoisotopic (exact) mass is 75.0 g/mol. The van der Waals surface area contributed by atoms with Crippen LogP contribution in [0.2, 0.25) is 0 Å². The van der Waals surface area contributed by atoms with Crippen LogP contribution in [0.25, 0.3) is 0 Å². The summed E-state index contributed by atoms with van der Waals surface area (Å²) < 4.78 is 3.54. The van der Waals surface area contributed by atoms with Crippen LogP contribution in [0.15, 0.2) is 4.36 Å². The van der Waals surface area contributed by atoms with Crippen molar-refractivity contribution in [3.05, 3.63) is 0 Å². The molecule has 0 atom stereocenters. The Morgan fingerprint density at radius 1 is 2.00 bits per heavy atom. The topological polar surface area (TPSA) is 12.4 Å². The minimum absolute atomic E-state index is 1.23. The van der Waals surface area contributed by atoms with E-state index in [1.54, 1.807) is 7.05 Å². The van der Waals surface area contributed by atoms with Gasteiger partial charge >= 0.3 is 0 Å². The van der Waals surface area contributed by atoms with Gasteiger partial charge in [0.15, 0.2) is 0 Å². The highest BCUT2D eigenvalue weighted by Gasteiger charge is 1.21. The molecule has 0 bridgehead atoms. The fourth-order valence-corrected chi connectivity index (χ4v) is 0.